The van der Waals surface area contributed by atoms with Crippen molar-refractivity contribution < 1.29 is 14.3 Å². The first-order chi connectivity index (χ1) is 17.5. The van der Waals surface area contributed by atoms with Crippen LogP contribution < -0.4 is 15.4 Å². The highest BCUT2D eigenvalue weighted by Gasteiger charge is 2.40. The highest BCUT2D eigenvalue weighted by Crippen LogP contribution is 2.37. The fourth-order valence-corrected chi connectivity index (χ4v) is 5.33. The molecule has 2 N–H and O–H groups in total. The predicted octanol–water partition coefficient (Wildman–Crippen LogP) is 2.92. The molecule has 2 aromatic rings. The lowest BCUT2D eigenvalue weighted by Gasteiger charge is -2.40. The minimum atomic E-state index is -0.347. The van der Waals surface area contributed by atoms with Crippen LogP contribution in [-0.4, -0.2) is 65.5 Å². The minimum absolute atomic E-state index is 0.0133. The molecular formula is C28H39N5O3. The first-order valence-electron chi connectivity index (χ1n) is 13.3. The molecular weight excluding hydrogens is 454 g/mol. The van der Waals surface area contributed by atoms with Crippen molar-refractivity contribution >= 4 is 11.8 Å². The standard InChI is InChI=1S/C28H39N5O3/c1-22(19-24-20-29-14-15-30-24)32-26(34)21-33-16-11-28(12-17-33)10-5-4-8-23-7-2-3-9-25(23)36-18-6-13-31-27(28)35/h2-3,7,9,14-15,20,22H,4-6,8,10-13,16-19,21H2,1H3,(H,31,35)(H,32,34). The summed E-state index contributed by atoms with van der Waals surface area (Å²) in [5.74, 6) is 1.15. The van der Waals surface area contributed by atoms with Crippen molar-refractivity contribution in [3.05, 3.63) is 54.1 Å². The summed E-state index contributed by atoms with van der Waals surface area (Å²) in [6.45, 7) is 5.08. The number of hydrogen-bond donors (Lipinski definition) is 2. The number of likely N-dealkylation sites (tertiary alicyclic amines) is 1. The van der Waals surface area contributed by atoms with Gasteiger partial charge in [-0.15, -0.1) is 0 Å². The molecule has 8 heteroatoms. The number of hydrogen-bond acceptors (Lipinski definition) is 6. The third-order valence-corrected chi connectivity index (χ3v) is 7.39. The van der Waals surface area contributed by atoms with Crippen molar-refractivity contribution in [1.82, 2.24) is 25.5 Å². The number of benzene rings is 1. The van der Waals surface area contributed by atoms with Gasteiger partial charge in [0.25, 0.3) is 0 Å². The Balaban J connectivity index is 1.28. The quantitative estimate of drug-likeness (QED) is 0.665. The smallest absolute Gasteiger partial charge is 0.234 e. The van der Waals surface area contributed by atoms with Crippen LogP contribution in [0.4, 0.5) is 0 Å². The van der Waals surface area contributed by atoms with Gasteiger partial charge in [-0.1, -0.05) is 24.6 Å². The van der Waals surface area contributed by atoms with Gasteiger partial charge in [-0.05, 0) is 70.2 Å². The van der Waals surface area contributed by atoms with Gasteiger partial charge in [-0.3, -0.25) is 24.5 Å². The third-order valence-electron chi connectivity index (χ3n) is 7.39. The molecule has 1 aromatic heterocycles. The number of carbonyl (C=O) groups excluding carboxylic acids is 2. The number of carbonyl (C=O) groups is 2. The van der Waals surface area contributed by atoms with Gasteiger partial charge in [0.05, 0.1) is 24.3 Å². The SMILES string of the molecule is CC(Cc1cnccn1)NC(=O)CN1CCC2(CCCCc3ccccc3OCCCNC2=O)CC1. The number of aryl methyl sites for hydroxylation is 1. The average molecular weight is 494 g/mol. The van der Waals surface area contributed by atoms with Crippen molar-refractivity contribution in [2.75, 3.05) is 32.8 Å². The maximum Gasteiger partial charge on any atom is 0.234 e. The Morgan fingerprint density at radius 1 is 1.17 bits per heavy atom. The maximum atomic E-state index is 13.3. The van der Waals surface area contributed by atoms with E-state index in [0.29, 0.717) is 26.1 Å². The molecule has 36 heavy (non-hydrogen) atoms. The highest BCUT2D eigenvalue weighted by atomic mass is 16.5. The fourth-order valence-electron chi connectivity index (χ4n) is 5.33. The summed E-state index contributed by atoms with van der Waals surface area (Å²) >= 11 is 0. The zero-order valence-electron chi connectivity index (χ0n) is 21.4. The number of ether oxygens (including phenoxy) is 1. The third kappa shape index (κ3) is 7.26. The Kier molecular flexibility index (Phi) is 9.28. The molecule has 2 aliphatic rings. The molecule has 4 rings (SSSR count). The van der Waals surface area contributed by atoms with E-state index in [2.05, 4.69) is 37.6 Å². The van der Waals surface area contributed by atoms with Crippen LogP contribution in [0.2, 0.25) is 0 Å². The Labute approximate surface area is 214 Å². The molecule has 0 saturated carbocycles. The molecule has 3 heterocycles. The summed E-state index contributed by atoms with van der Waals surface area (Å²) in [6.07, 6.45) is 11.9. The van der Waals surface area contributed by atoms with E-state index in [9.17, 15) is 9.59 Å². The number of aromatic nitrogens is 2. The number of fused-ring (bicyclic) bond motifs is 1. The summed E-state index contributed by atoms with van der Waals surface area (Å²) in [5, 5.41) is 6.26. The van der Waals surface area contributed by atoms with E-state index in [-0.39, 0.29) is 23.3 Å². The van der Waals surface area contributed by atoms with Gasteiger partial charge in [0, 0.05) is 37.6 Å². The minimum Gasteiger partial charge on any atom is -0.493 e. The van der Waals surface area contributed by atoms with Gasteiger partial charge in [0.1, 0.15) is 5.75 Å². The average Bonchev–Trinajstić information content (AvgIpc) is 2.89. The lowest BCUT2D eigenvalue weighted by Crippen LogP contribution is -2.51. The summed E-state index contributed by atoms with van der Waals surface area (Å²) < 4.78 is 5.98. The summed E-state index contributed by atoms with van der Waals surface area (Å²) in [4.78, 5) is 36.5. The van der Waals surface area contributed by atoms with Gasteiger partial charge < -0.3 is 15.4 Å². The molecule has 1 fully saturated rings. The van der Waals surface area contributed by atoms with E-state index in [4.69, 9.17) is 4.74 Å². The largest absolute Gasteiger partial charge is 0.493 e. The number of nitrogens with zero attached hydrogens (tertiary/aromatic N) is 3. The van der Waals surface area contributed by atoms with E-state index in [1.807, 2.05) is 19.1 Å². The van der Waals surface area contributed by atoms with E-state index in [1.54, 1.807) is 18.6 Å². The van der Waals surface area contributed by atoms with E-state index in [1.165, 1.54) is 5.56 Å². The second kappa shape index (κ2) is 12.8. The molecule has 2 amide bonds. The van der Waals surface area contributed by atoms with Gasteiger partial charge in [0.15, 0.2) is 0 Å². The number of nitrogens with one attached hydrogen (secondary N) is 2. The molecule has 1 saturated heterocycles. The lowest BCUT2D eigenvalue weighted by atomic mass is 9.73. The summed E-state index contributed by atoms with van der Waals surface area (Å²) in [5.41, 5.74) is 1.77. The Bertz CT molecular complexity index is 992. The second-order valence-electron chi connectivity index (χ2n) is 10.2. The lowest BCUT2D eigenvalue weighted by molar-refractivity contribution is -0.135. The van der Waals surface area contributed by atoms with Crippen molar-refractivity contribution in [3.63, 3.8) is 0 Å². The van der Waals surface area contributed by atoms with E-state index < -0.39 is 0 Å². The van der Waals surface area contributed by atoms with Gasteiger partial charge in [-0.25, -0.2) is 0 Å². The molecule has 0 bridgehead atoms. The summed E-state index contributed by atoms with van der Waals surface area (Å²) in [7, 11) is 0. The van der Waals surface area contributed by atoms with Gasteiger partial charge >= 0.3 is 0 Å². The number of para-hydroxylation sites is 1. The topological polar surface area (TPSA) is 96.5 Å². The van der Waals surface area contributed by atoms with Crippen LogP contribution in [0.25, 0.3) is 0 Å². The number of piperidine rings is 1. The molecule has 1 unspecified atom stereocenters. The number of rotatable bonds is 5. The zero-order chi connectivity index (χ0) is 25.2. The normalized spacial score (nSPS) is 20.0. The van der Waals surface area contributed by atoms with Crippen LogP contribution in [0, 0.1) is 5.41 Å². The van der Waals surface area contributed by atoms with Gasteiger partial charge in [-0.2, -0.15) is 0 Å². The second-order valence-corrected chi connectivity index (χ2v) is 10.2. The van der Waals surface area contributed by atoms with Gasteiger partial charge in [0.2, 0.25) is 11.8 Å². The van der Waals surface area contributed by atoms with Crippen LogP contribution in [0.15, 0.2) is 42.9 Å². The summed E-state index contributed by atoms with van der Waals surface area (Å²) in [6, 6.07) is 8.25. The Morgan fingerprint density at radius 2 is 2.00 bits per heavy atom. The molecule has 1 aromatic carbocycles. The molecule has 194 valence electrons. The predicted molar refractivity (Wildman–Crippen MR) is 139 cm³/mol. The van der Waals surface area contributed by atoms with Crippen LogP contribution in [-0.2, 0) is 22.4 Å². The Hall–Kier alpha value is -3.00. The monoisotopic (exact) mass is 493 g/mol. The molecule has 1 atom stereocenters. The van der Waals surface area contributed by atoms with Crippen LogP contribution in [0.3, 0.4) is 0 Å². The molecule has 2 aliphatic heterocycles. The fraction of sp³-hybridized carbons (Fsp3) is 0.571. The Morgan fingerprint density at radius 3 is 2.81 bits per heavy atom. The number of amides is 2. The molecule has 1 spiro atoms. The molecule has 8 nitrogen and oxygen atoms in total. The van der Waals surface area contributed by atoms with Crippen LogP contribution in [0.5, 0.6) is 5.75 Å². The van der Waals surface area contributed by atoms with Crippen molar-refractivity contribution in [2.45, 2.75) is 64.3 Å². The first kappa shape index (κ1) is 26.1. The van der Waals surface area contributed by atoms with Crippen molar-refractivity contribution in [3.8, 4) is 5.75 Å². The zero-order valence-corrected chi connectivity index (χ0v) is 21.4. The van der Waals surface area contributed by atoms with Crippen LogP contribution >= 0.6 is 0 Å². The van der Waals surface area contributed by atoms with E-state index in [0.717, 1.165) is 69.5 Å². The molecule has 0 radical (unpaired) electrons. The van der Waals surface area contributed by atoms with Crippen molar-refractivity contribution in [2.24, 2.45) is 5.41 Å². The highest BCUT2D eigenvalue weighted by molar-refractivity contribution is 5.83. The molecule has 0 aliphatic carbocycles. The van der Waals surface area contributed by atoms with Crippen molar-refractivity contribution in [1.29, 1.82) is 0 Å². The van der Waals surface area contributed by atoms with Crippen LogP contribution in [0.1, 0.15) is 56.7 Å². The maximum absolute atomic E-state index is 13.3. The first-order valence-corrected chi connectivity index (χ1v) is 13.3. The van der Waals surface area contributed by atoms with E-state index >= 15 is 0 Å².